The zero-order valence-corrected chi connectivity index (χ0v) is 7.81. The molecule has 1 aromatic rings. The van der Waals surface area contributed by atoms with Gasteiger partial charge >= 0.3 is 0 Å². The Morgan fingerprint density at radius 2 is 2.25 bits per heavy atom. The third-order valence-electron chi connectivity index (χ3n) is 1.27. The second-order valence-electron chi connectivity index (χ2n) is 2.05. The smallest absolute Gasteiger partial charge is 0.269 e. The number of alkyl halides is 2. The number of aromatic nitrogens is 1. The van der Waals surface area contributed by atoms with Gasteiger partial charge in [-0.1, -0.05) is 0 Å². The molecule has 0 amide bonds. The summed E-state index contributed by atoms with van der Waals surface area (Å²) >= 11 is 3.04. The van der Waals surface area contributed by atoms with E-state index in [1.54, 1.807) is 0 Å². The lowest BCUT2D eigenvalue weighted by Gasteiger charge is -2.05. The van der Waals surface area contributed by atoms with Crippen LogP contribution in [0.5, 0.6) is 5.88 Å². The molecule has 0 atom stereocenters. The molecule has 0 N–H and O–H groups in total. The van der Waals surface area contributed by atoms with Gasteiger partial charge in [0.25, 0.3) is 6.43 Å². The summed E-state index contributed by atoms with van der Waals surface area (Å²) in [6, 6.07) is 1.29. The van der Waals surface area contributed by atoms with Gasteiger partial charge in [0.15, 0.2) is 0 Å². The third kappa shape index (κ3) is 1.91. The molecular formula is C7H6BrF2NO. The van der Waals surface area contributed by atoms with E-state index in [9.17, 15) is 8.78 Å². The summed E-state index contributed by atoms with van der Waals surface area (Å²) in [5.41, 5.74) is -0.202. The van der Waals surface area contributed by atoms with Gasteiger partial charge in [0.1, 0.15) is 0 Å². The van der Waals surface area contributed by atoms with E-state index in [1.807, 2.05) is 0 Å². The predicted molar refractivity (Wildman–Crippen MR) is 43.4 cm³/mol. The van der Waals surface area contributed by atoms with Crippen LogP contribution in [-0.4, -0.2) is 12.1 Å². The van der Waals surface area contributed by atoms with Crippen molar-refractivity contribution in [1.29, 1.82) is 0 Å². The van der Waals surface area contributed by atoms with Crippen molar-refractivity contribution in [2.75, 3.05) is 7.11 Å². The van der Waals surface area contributed by atoms with Crippen molar-refractivity contribution in [2.24, 2.45) is 0 Å². The van der Waals surface area contributed by atoms with Crippen LogP contribution in [0.3, 0.4) is 0 Å². The van der Waals surface area contributed by atoms with Crippen molar-refractivity contribution in [3.05, 3.63) is 22.3 Å². The molecule has 0 aromatic carbocycles. The summed E-state index contributed by atoms with van der Waals surface area (Å²) in [4.78, 5) is 3.67. The first-order chi connectivity index (χ1) is 5.65. The molecule has 66 valence electrons. The van der Waals surface area contributed by atoms with Crippen LogP contribution in [-0.2, 0) is 0 Å². The Kier molecular flexibility index (Phi) is 2.97. The summed E-state index contributed by atoms with van der Waals surface area (Å²) in [5, 5.41) is 0. The van der Waals surface area contributed by atoms with Gasteiger partial charge in [-0.2, -0.15) is 0 Å². The van der Waals surface area contributed by atoms with Crippen molar-refractivity contribution >= 4 is 15.9 Å². The third-order valence-corrected chi connectivity index (χ3v) is 1.71. The highest BCUT2D eigenvalue weighted by Gasteiger charge is 2.14. The molecule has 0 saturated carbocycles. The Morgan fingerprint density at radius 3 is 2.75 bits per heavy atom. The van der Waals surface area contributed by atoms with E-state index in [1.165, 1.54) is 19.4 Å². The zero-order chi connectivity index (χ0) is 9.14. The Balaban J connectivity index is 3.12. The van der Waals surface area contributed by atoms with E-state index in [4.69, 9.17) is 0 Å². The normalized spacial score (nSPS) is 10.4. The lowest BCUT2D eigenvalue weighted by atomic mass is 10.3. The maximum Gasteiger partial charge on any atom is 0.269 e. The van der Waals surface area contributed by atoms with Gasteiger partial charge < -0.3 is 4.74 Å². The number of methoxy groups -OCH3 is 1. The van der Waals surface area contributed by atoms with E-state index in [2.05, 4.69) is 25.7 Å². The van der Waals surface area contributed by atoms with Crippen LogP contribution < -0.4 is 4.74 Å². The average molecular weight is 238 g/mol. The van der Waals surface area contributed by atoms with Gasteiger partial charge in [-0.25, -0.2) is 13.8 Å². The summed E-state index contributed by atoms with van der Waals surface area (Å²) in [5.74, 6) is -0.0341. The van der Waals surface area contributed by atoms with Crippen molar-refractivity contribution in [3.8, 4) is 5.88 Å². The molecular weight excluding hydrogens is 232 g/mol. The van der Waals surface area contributed by atoms with Crippen LogP contribution in [0, 0.1) is 0 Å². The summed E-state index contributed by atoms with van der Waals surface area (Å²) < 4.78 is 29.7. The Hall–Kier alpha value is -0.710. The van der Waals surface area contributed by atoms with Crippen LogP contribution in [0.25, 0.3) is 0 Å². The molecule has 0 fully saturated rings. The monoisotopic (exact) mass is 237 g/mol. The minimum absolute atomic E-state index is 0.0341. The first-order valence-corrected chi connectivity index (χ1v) is 3.92. The topological polar surface area (TPSA) is 22.1 Å². The molecule has 0 aliphatic carbocycles. The quantitative estimate of drug-likeness (QED) is 0.790. The second kappa shape index (κ2) is 3.80. The van der Waals surface area contributed by atoms with Crippen LogP contribution in [0.2, 0.25) is 0 Å². The highest BCUT2D eigenvalue weighted by molar-refractivity contribution is 9.10. The molecule has 0 spiro atoms. The molecule has 12 heavy (non-hydrogen) atoms. The maximum atomic E-state index is 12.3. The average Bonchev–Trinajstić information content (AvgIpc) is 2.04. The number of hydrogen-bond acceptors (Lipinski definition) is 2. The van der Waals surface area contributed by atoms with Crippen molar-refractivity contribution in [2.45, 2.75) is 6.43 Å². The lowest BCUT2D eigenvalue weighted by Crippen LogP contribution is -1.95. The number of hydrogen-bond donors (Lipinski definition) is 0. The molecule has 0 bridgehead atoms. The molecule has 0 radical (unpaired) electrons. The molecule has 1 aromatic heterocycles. The van der Waals surface area contributed by atoms with Gasteiger partial charge in [0.2, 0.25) is 5.88 Å². The van der Waals surface area contributed by atoms with Gasteiger partial charge in [0, 0.05) is 10.7 Å². The summed E-state index contributed by atoms with van der Waals surface area (Å²) in [7, 11) is 1.31. The van der Waals surface area contributed by atoms with E-state index >= 15 is 0 Å². The van der Waals surface area contributed by atoms with E-state index in [0.29, 0.717) is 4.47 Å². The molecule has 0 aliphatic rings. The van der Waals surface area contributed by atoms with E-state index in [-0.39, 0.29) is 11.4 Å². The summed E-state index contributed by atoms with van der Waals surface area (Å²) in [6.07, 6.45) is -1.16. The molecule has 5 heteroatoms. The molecule has 1 heterocycles. The first kappa shape index (κ1) is 9.38. The number of ether oxygens (including phenoxy) is 1. The Bertz CT molecular complexity index is 280. The lowest BCUT2D eigenvalue weighted by molar-refractivity contribution is 0.146. The number of pyridine rings is 1. The molecule has 2 nitrogen and oxygen atoms in total. The van der Waals surface area contributed by atoms with Gasteiger partial charge in [-0.05, 0) is 22.0 Å². The highest BCUT2D eigenvalue weighted by atomic mass is 79.9. The fourth-order valence-corrected chi connectivity index (χ4v) is 1.12. The standard InChI is InChI=1S/C7H6BrF2NO/c1-12-7-5(6(9)10)2-4(8)3-11-7/h2-3,6H,1H3. The first-order valence-electron chi connectivity index (χ1n) is 3.12. The van der Waals surface area contributed by atoms with Crippen LogP contribution in [0.4, 0.5) is 8.78 Å². The van der Waals surface area contributed by atoms with Crippen molar-refractivity contribution < 1.29 is 13.5 Å². The maximum absolute atomic E-state index is 12.3. The molecule has 0 unspecified atom stereocenters. The SMILES string of the molecule is COc1ncc(Br)cc1C(F)F. The largest absolute Gasteiger partial charge is 0.481 e. The fourth-order valence-electron chi connectivity index (χ4n) is 0.769. The van der Waals surface area contributed by atoms with Gasteiger partial charge in [-0.3, -0.25) is 0 Å². The van der Waals surface area contributed by atoms with Crippen LogP contribution in [0.1, 0.15) is 12.0 Å². The predicted octanol–water partition coefficient (Wildman–Crippen LogP) is 2.79. The zero-order valence-electron chi connectivity index (χ0n) is 6.22. The van der Waals surface area contributed by atoms with E-state index < -0.39 is 6.43 Å². The van der Waals surface area contributed by atoms with Crippen LogP contribution in [0.15, 0.2) is 16.7 Å². The minimum atomic E-state index is -2.56. The Labute approximate surface area is 76.7 Å². The van der Waals surface area contributed by atoms with Gasteiger partial charge in [0.05, 0.1) is 12.7 Å². The van der Waals surface area contributed by atoms with Crippen molar-refractivity contribution in [3.63, 3.8) is 0 Å². The van der Waals surface area contributed by atoms with E-state index in [0.717, 1.165) is 0 Å². The van der Waals surface area contributed by atoms with Gasteiger partial charge in [-0.15, -0.1) is 0 Å². The molecule has 0 saturated heterocycles. The molecule has 1 rings (SSSR count). The van der Waals surface area contributed by atoms with Crippen molar-refractivity contribution in [1.82, 2.24) is 4.98 Å². The number of halogens is 3. The fraction of sp³-hybridized carbons (Fsp3) is 0.286. The Morgan fingerprint density at radius 1 is 1.58 bits per heavy atom. The number of nitrogens with zero attached hydrogens (tertiary/aromatic N) is 1. The van der Waals surface area contributed by atoms with Crippen LogP contribution >= 0.6 is 15.9 Å². The number of rotatable bonds is 2. The second-order valence-corrected chi connectivity index (χ2v) is 2.97. The summed E-state index contributed by atoms with van der Waals surface area (Å²) in [6.45, 7) is 0. The molecule has 0 aliphatic heterocycles. The highest BCUT2D eigenvalue weighted by Crippen LogP contribution is 2.28. The minimum Gasteiger partial charge on any atom is -0.481 e.